The summed E-state index contributed by atoms with van der Waals surface area (Å²) in [6, 6.07) is 5.46. The average Bonchev–Trinajstić information content (AvgIpc) is 3.41. The summed E-state index contributed by atoms with van der Waals surface area (Å²) >= 11 is 0. The Hall–Kier alpha value is -3.34. The third kappa shape index (κ3) is 3.24. The van der Waals surface area contributed by atoms with Gasteiger partial charge in [-0.25, -0.2) is 0 Å². The van der Waals surface area contributed by atoms with Gasteiger partial charge in [0, 0.05) is 30.6 Å². The van der Waals surface area contributed by atoms with E-state index in [1.165, 1.54) is 0 Å². The molecule has 2 amide bonds. The van der Waals surface area contributed by atoms with Crippen LogP contribution in [0.5, 0.6) is 0 Å². The third-order valence-electron chi connectivity index (χ3n) is 5.01. The molecule has 0 spiro atoms. The summed E-state index contributed by atoms with van der Waals surface area (Å²) in [5.74, 6) is -0.409. The number of nitrogens with zero attached hydrogens (tertiary/aromatic N) is 4. The number of fused-ring (bicyclic) bond motifs is 1. The SMILES string of the molecule is N#CCC(=O)N1CC=C(c2cc(=NC(=O)C3CC3)n(O)c3[nH]ccc23)CC1. The number of hydrogen-bond donors (Lipinski definition) is 2. The van der Waals surface area contributed by atoms with Crippen LogP contribution >= 0.6 is 0 Å². The van der Waals surface area contributed by atoms with E-state index in [4.69, 9.17) is 5.26 Å². The number of hydrogen-bond acceptors (Lipinski definition) is 4. The second-order valence-electron chi connectivity index (χ2n) is 6.85. The van der Waals surface area contributed by atoms with Gasteiger partial charge >= 0.3 is 0 Å². The number of nitriles is 1. The number of carbonyl (C=O) groups excluding carboxylic acids is 2. The predicted octanol–water partition coefficient (Wildman–Crippen LogP) is 1.57. The Morgan fingerprint density at radius 2 is 2.22 bits per heavy atom. The molecule has 0 bridgehead atoms. The van der Waals surface area contributed by atoms with Crippen molar-refractivity contribution in [3.63, 3.8) is 0 Å². The normalized spacial score (nSPS) is 17.7. The molecule has 0 atom stereocenters. The molecule has 8 heteroatoms. The van der Waals surface area contributed by atoms with E-state index >= 15 is 0 Å². The van der Waals surface area contributed by atoms with E-state index < -0.39 is 0 Å². The van der Waals surface area contributed by atoms with Crippen LogP contribution in [0.2, 0.25) is 0 Å². The van der Waals surface area contributed by atoms with Crippen LogP contribution in [0.3, 0.4) is 0 Å². The molecule has 1 aliphatic carbocycles. The number of aromatic nitrogens is 2. The molecular formula is C19H19N5O3. The molecule has 4 rings (SSSR count). The Kier molecular flexibility index (Phi) is 4.28. The van der Waals surface area contributed by atoms with Gasteiger partial charge in [0.05, 0.1) is 6.07 Å². The highest BCUT2D eigenvalue weighted by Crippen LogP contribution is 2.30. The van der Waals surface area contributed by atoms with Gasteiger partial charge < -0.3 is 15.1 Å². The maximum Gasteiger partial charge on any atom is 0.250 e. The molecule has 2 aromatic rings. The smallest absolute Gasteiger partial charge is 0.250 e. The van der Waals surface area contributed by atoms with Gasteiger partial charge in [0.1, 0.15) is 6.42 Å². The maximum absolute atomic E-state index is 12.1. The molecule has 1 aliphatic heterocycles. The van der Waals surface area contributed by atoms with Crippen LogP contribution in [0.25, 0.3) is 16.6 Å². The molecule has 138 valence electrons. The van der Waals surface area contributed by atoms with Crippen molar-refractivity contribution in [1.29, 1.82) is 5.26 Å². The lowest BCUT2D eigenvalue weighted by Gasteiger charge is -2.26. The van der Waals surface area contributed by atoms with Crippen LogP contribution in [0, 0.1) is 17.2 Å². The zero-order chi connectivity index (χ0) is 19.0. The molecule has 0 saturated heterocycles. The van der Waals surface area contributed by atoms with Gasteiger partial charge in [-0.2, -0.15) is 15.0 Å². The van der Waals surface area contributed by atoms with E-state index in [2.05, 4.69) is 9.98 Å². The van der Waals surface area contributed by atoms with Gasteiger partial charge in [-0.05, 0) is 42.5 Å². The fourth-order valence-electron chi connectivity index (χ4n) is 3.34. The predicted molar refractivity (Wildman–Crippen MR) is 96.2 cm³/mol. The molecule has 0 aromatic carbocycles. The second kappa shape index (κ2) is 6.76. The Morgan fingerprint density at radius 3 is 2.89 bits per heavy atom. The van der Waals surface area contributed by atoms with Crippen molar-refractivity contribution in [2.45, 2.75) is 25.7 Å². The van der Waals surface area contributed by atoms with Crippen molar-refractivity contribution in [2.75, 3.05) is 13.1 Å². The first-order chi connectivity index (χ1) is 13.1. The minimum atomic E-state index is -0.208. The van der Waals surface area contributed by atoms with Crippen LogP contribution < -0.4 is 5.49 Å². The molecular weight excluding hydrogens is 346 g/mol. The van der Waals surface area contributed by atoms with Crippen molar-refractivity contribution in [3.8, 4) is 6.07 Å². The molecule has 1 fully saturated rings. The van der Waals surface area contributed by atoms with Crippen LogP contribution in [-0.2, 0) is 9.59 Å². The standard InChI is InChI=1S/C19H19N5O3/c20-7-3-17(25)23-9-5-12(6-10-23)15-11-16(22-19(26)13-1-2-13)24(27)18-14(15)4-8-21-18/h4-5,8,11,13,21,27H,1-3,6,9-10H2. The molecule has 27 heavy (non-hydrogen) atoms. The number of rotatable bonds is 3. The van der Waals surface area contributed by atoms with Crippen LogP contribution in [-0.4, -0.2) is 44.7 Å². The molecule has 1 saturated carbocycles. The van der Waals surface area contributed by atoms with Gasteiger partial charge in [-0.15, -0.1) is 0 Å². The minimum Gasteiger partial charge on any atom is -0.425 e. The first kappa shape index (κ1) is 17.1. The number of aromatic amines is 1. The second-order valence-corrected chi connectivity index (χ2v) is 6.85. The summed E-state index contributed by atoms with van der Waals surface area (Å²) in [6.45, 7) is 0.961. The van der Waals surface area contributed by atoms with E-state index in [1.807, 2.05) is 18.2 Å². The monoisotopic (exact) mass is 365 g/mol. The summed E-state index contributed by atoms with van der Waals surface area (Å²) < 4.78 is 0.908. The Bertz CT molecular complexity index is 1070. The van der Waals surface area contributed by atoms with Gasteiger partial charge in [-0.1, -0.05) is 6.08 Å². The summed E-state index contributed by atoms with van der Waals surface area (Å²) in [7, 11) is 0. The molecule has 2 N–H and O–H groups in total. The fraction of sp³-hybridized carbons (Fsp3) is 0.368. The van der Waals surface area contributed by atoms with Gasteiger partial charge in [-0.3, -0.25) is 9.59 Å². The summed E-state index contributed by atoms with van der Waals surface area (Å²) in [4.78, 5) is 32.7. The minimum absolute atomic E-state index is 0.0265. The third-order valence-corrected chi connectivity index (χ3v) is 5.01. The van der Waals surface area contributed by atoms with Crippen molar-refractivity contribution < 1.29 is 14.8 Å². The van der Waals surface area contributed by atoms with Crippen molar-refractivity contribution >= 4 is 28.4 Å². The number of nitrogens with one attached hydrogen (secondary N) is 1. The number of amides is 2. The van der Waals surface area contributed by atoms with E-state index in [0.29, 0.717) is 25.2 Å². The Labute approximate surface area is 155 Å². The lowest BCUT2D eigenvalue weighted by Crippen LogP contribution is -2.34. The fourth-order valence-corrected chi connectivity index (χ4v) is 3.34. The summed E-state index contributed by atoms with van der Waals surface area (Å²) in [5, 5.41) is 19.9. The lowest BCUT2D eigenvalue weighted by molar-refractivity contribution is -0.129. The highest BCUT2D eigenvalue weighted by atomic mass is 16.5. The summed E-state index contributed by atoms with van der Waals surface area (Å²) in [6.07, 6.45) is 5.89. The number of H-pyrrole nitrogens is 1. The maximum atomic E-state index is 12.1. The first-order valence-corrected chi connectivity index (χ1v) is 8.93. The van der Waals surface area contributed by atoms with E-state index in [1.54, 1.807) is 17.2 Å². The van der Waals surface area contributed by atoms with E-state index in [0.717, 1.165) is 34.1 Å². The zero-order valence-corrected chi connectivity index (χ0v) is 14.7. The van der Waals surface area contributed by atoms with Crippen molar-refractivity contribution in [2.24, 2.45) is 10.9 Å². The van der Waals surface area contributed by atoms with Gasteiger partial charge in [0.15, 0.2) is 11.1 Å². The Balaban J connectivity index is 1.73. The number of carbonyl (C=O) groups is 2. The lowest BCUT2D eigenvalue weighted by atomic mass is 9.97. The van der Waals surface area contributed by atoms with Crippen LogP contribution in [0.4, 0.5) is 0 Å². The number of pyridine rings is 1. The Morgan fingerprint density at radius 1 is 1.41 bits per heavy atom. The zero-order valence-electron chi connectivity index (χ0n) is 14.7. The van der Waals surface area contributed by atoms with E-state index in [9.17, 15) is 14.8 Å². The molecule has 0 unspecified atom stereocenters. The highest BCUT2D eigenvalue weighted by Gasteiger charge is 2.29. The van der Waals surface area contributed by atoms with Gasteiger partial charge in [0.25, 0.3) is 5.91 Å². The first-order valence-electron chi connectivity index (χ1n) is 8.93. The summed E-state index contributed by atoms with van der Waals surface area (Å²) in [5.41, 5.74) is 2.57. The van der Waals surface area contributed by atoms with Crippen LogP contribution in [0.15, 0.2) is 29.4 Å². The largest absolute Gasteiger partial charge is 0.425 e. The van der Waals surface area contributed by atoms with Crippen molar-refractivity contribution in [1.82, 2.24) is 14.6 Å². The average molecular weight is 365 g/mol. The topological polar surface area (TPSA) is 114 Å². The molecule has 8 nitrogen and oxygen atoms in total. The highest BCUT2D eigenvalue weighted by molar-refractivity contribution is 5.91. The molecule has 2 aliphatic rings. The van der Waals surface area contributed by atoms with Gasteiger partial charge in [0.2, 0.25) is 5.91 Å². The van der Waals surface area contributed by atoms with Crippen molar-refractivity contribution in [3.05, 3.63) is 35.5 Å². The molecule has 3 heterocycles. The molecule has 0 radical (unpaired) electrons. The molecule has 2 aromatic heterocycles. The quantitative estimate of drug-likeness (QED) is 0.804. The van der Waals surface area contributed by atoms with E-state index in [-0.39, 0.29) is 29.6 Å². The van der Waals surface area contributed by atoms with Crippen LogP contribution in [0.1, 0.15) is 31.2 Å².